The minimum atomic E-state index is -1.14. The molecule has 1 aliphatic rings. The van der Waals surface area contributed by atoms with E-state index in [1.807, 2.05) is 0 Å². The molecule has 1 heterocycles. The van der Waals surface area contributed by atoms with Gasteiger partial charge in [0.1, 0.15) is 12.6 Å². The summed E-state index contributed by atoms with van der Waals surface area (Å²) in [6, 6.07) is 5.70. The summed E-state index contributed by atoms with van der Waals surface area (Å²) in [5.41, 5.74) is 0.394. The number of amides is 2. The number of hydrogen-bond donors (Lipinski definition) is 2. The number of aliphatic carboxylic acids is 1. The number of carbonyl (C=O) groups excluding carboxylic acids is 2. The molecule has 1 aromatic rings. The first-order valence-electron chi connectivity index (χ1n) is 6.05. The largest absolute Gasteiger partial charge is 0.480 e. The van der Waals surface area contributed by atoms with Crippen LogP contribution in [0.3, 0.4) is 0 Å². The van der Waals surface area contributed by atoms with Crippen LogP contribution >= 0.6 is 11.6 Å². The summed E-state index contributed by atoms with van der Waals surface area (Å²) < 4.78 is 0. The van der Waals surface area contributed by atoms with Crippen molar-refractivity contribution < 1.29 is 19.5 Å². The zero-order chi connectivity index (χ0) is 14.7. The molecule has 0 spiro atoms. The van der Waals surface area contributed by atoms with Gasteiger partial charge in [-0.05, 0) is 24.6 Å². The van der Waals surface area contributed by atoms with Gasteiger partial charge in [-0.15, -0.1) is 0 Å². The van der Waals surface area contributed by atoms with Crippen molar-refractivity contribution in [2.24, 2.45) is 0 Å². The van der Waals surface area contributed by atoms with Crippen LogP contribution in [0.4, 0.5) is 5.69 Å². The van der Waals surface area contributed by atoms with Crippen molar-refractivity contribution in [1.82, 2.24) is 5.32 Å². The standard InChI is InChI=1S/C13H13ClN2O4/c14-8-2-1-3-9(6-8)16(7-12(18)19)13(20)10-4-5-11(17)15-10/h1-3,6,10H,4-5,7H2,(H,15,17)(H,18,19). The highest BCUT2D eigenvalue weighted by Crippen LogP contribution is 2.21. The summed E-state index contributed by atoms with van der Waals surface area (Å²) in [5.74, 6) is -1.78. The van der Waals surface area contributed by atoms with Gasteiger partial charge >= 0.3 is 5.97 Å². The van der Waals surface area contributed by atoms with Gasteiger partial charge in [0.2, 0.25) is 11.8 Å². The molecule has 20 heavy (non-hydrogen) atoms. The van der Waals surface area contributed by atoms with E-state index in [0.717, 1.165) is 4.90 Å². The molecular formula is C13H13ClN2O4. The Morgan fingerprint density at radius 3 is 2.75 bits per heavy atom. The molecular weight excluding hydrogens is 284 g/mol. The average molecular weight is 297 g/mol. The molecule has 1 fully saturated rings. The molecule has 0 radical (unpaired) electrons. The molecule has 6 nitrogen and oxygen atoms in total. The number of hydrogen-bond acceptors (Lipinski definition) is 3. The number of carboxylic acids is 1. The first-order valence-corrected chi connectivity index (χ1v) is 6.43. The Hall–Kier alpha value is -2.08. The van der Waals surface area contributed by atoms with E-state index in [9.17, 15) is 14.4 Å². The van der Waals surface area contributed by atoms with Crippen molar-refractivity contribution >= 4 is 35.1 Å². The molecule has 1 atom stereocenters. The first-order chi connectivity index (χ1) is 9.47. The van der Waals surface area contributed by atoms with Crippen molar-refractivity contribution in [2.75, 3.05) is 11.4 Å². The van der Waals surface area contributed by atoms with Crippen LogP contribution in [0, 0.1) is 0 Å². The molecule has 2 N–H and O–H groups in total. The maximum atomic E-state index is 12.3. The Bertz CT molecular complexity index is 561. The van der Waals surface area contributed by atoms with Gasteiger partial charge in [0.25, 0.3) is 0 Å². The molecule has 7 heteroatoms. The van der Waals surface area contributed by atoms with Crippen molar-refractivity contribution in [1.29, 1.82) is 0 Å². The number of nitrogens with one attached hydrogen (secondary N) is 1. The maximum Gasteiger partial charge on any atom is 0.323 e. The van der Waals surface area contributed by atoms with Gasteiger partial charge in [-0.25, -0.2) is 0 Å². The molecule has 1 unspecified atom stereocenters. The van der Waals surface area contributed by atoms with Gasteiger partial charge in [-0.1, -0.05) is 17.7 Å². The van der Waals surface area contributed by atoms with Crippen molar-refractivity contribution in [2.45, 2.75) is 18.9 Å². The summed E-state index contributed by atoms with van der Waals surface area (Å²) >= 11 is 5.86. The second-order valence-corrected chi connectivity index (χ2v) is 4.89. The molecule has 0 aliphatic carbocycles. The number of rotatable bonds is 4. The summed E-state index contributed by atoms with van der Waals surface area (Å²) in [6.45, 7) is -0.481. The van der Waals surface area contributed by atoms with Crippen LogP contribution in [0.25, 0.3) is 0 Å². The number of anilines is 1. The third-order valence-electron chi connectivity index (χ3n) is 2.97. The van der Waals surface area contributed by atoms with E-state index < -0.39 is 24.5 Å². The predicted molar refractivity (Wildman–Crippen MR) is 72.6 cm³/mol. The van der Waals surface area contributed by atoms with Crippen LogP contribution in [0.5, 0.6) is 0 Å². The Morgan fingerprint density at radius 1 is 1.45 bits per heavy atom. The lowest BCUT2D eigenvalue weighted by molar-refractivity contribution is -0.136. The first kappa shape index (κ1) is 14.3. The predicted octanol–water partition coefficient (Wildman–Crippen LogP) is 1.04. The minimum Gasteiger partial charge on any atom is -0.480 e. The fourth-order valence-corrected chi connectivity index (χ4v) is 2.25. The Morgan fingerprint density at radius 2 is 2.20 bits per heavy atom. The van der Waals surface area contributed by atoms with E-state index in [1.165, 1.54) is 6.07 Å². The number of carboxylic acid groups (broad SMARTS) is 1. The Balaban J connectivity index is 2.25. The van der Waals surface area contributed by atoms with Gasteiger partial charge in [-0.3, -0.25) is 19.3 Å². The van der Waals surface area contributed by atoms with E-state index in [-0.39, 0.29) is 12.3 Å². The minimum absolute atomic E-state index is 0.204. The van der Waals surface area contributed by atoms with Crippen LogP contribution in [-0.2, 0) is 14.4 Å². The summed E-state index contributed by atoms with van der Waals surface area (Å²) in [5, 5.41) is 11.9. The zero-order valence-corrected chi connectivity index (χ0v) is 11.3. The van der Waals surface area contributed by atoms with Gasteiger partial charge in [0.05, 0.1) is 0 Å². The fourth-order valence-electron chi connectivity index (χ4n) is 2.06. The van der Waals surface area contributed by atoms with Crippen molar-refractivity contribution in [3.05, 3.63) is 29.3 Å². The monoisotopic (exact) mass is 296 g/mol. The Labute approximate surface area is 120 Å². The van der Waals surface area contributed by atoms with Crippen LogP contribution in [-0.4, -0.2) is 35.5 Å². The SMILES string of the molecule is O=C(O)CN(C(=O)C1CCC(=O)N1)c1cccc(Cl)c1. The Kier molecular flexibility index (Phi) is 4.24. The van der Waals surface area contributed by atoms with E-state index in [1.54, 1.807) is 18.2 Å². The number of nitrogens with zero attached hydrogens (tertiary/aromatic N) is 1. The normalized spacial score (nSPS) is 17.6. The van der Waals surface area contributed by atoms with E-state index in [4.69, 9.17) is 16.7 Å². The quantitative estimate of drug-likeness (QED) is 0.869. The average Bonchev–Trinajstić information content (AvgIpc) is 2.81. The van der Waals surface area contributed by atoms with Crippen LogP contribution in [0.2, 0.25) is 5.02 Å². The highest BCUT2D eigenvalue weighted by atomic mass is 35.5. The number of halogens is 1. The molecule has 0 bridgehead atoms. The van der Waals surface area contributed by atoms with E-state index in [2.05, 4.69) is 5.32 Å². The van der Waals surface area contributed by atoms with Gasteiger partial charge in [0.15, 0.2) is 0 Å². The molecule has 1 saturated heterocycles. The van der Waals surface area contributed by atoms with Gasteiger partial charge in [0, 0.05) is 17.1 Å². The lowest BCUT2D eigenvalue weighted by Gasteiger charge is -2.24. The van der Waals surface area contributed by atoms with E-state index in [0.29, 0.717) is 17.1 Å². The van der Waals surface area contributed by atoms with Crippen molar-refractivity contribution in [3.63, 3.8) is 0 Å². The zero-order valence-electron chi connectivity index (χ0n) is 10.5. The topological polar surface area (TPSA) is 86.7 Å². The molecule has 1 aliphatic heterocycles. The summed E-state index contributed by atoms with van der Waals surface area (Å²) in [6.07, 6.45) is 0.640. The highest BCUT2D eigenvalue weighted by molar-refractivity contribution is 6.31. The second kappa shape index (κ2) is 5.92. The highest BCUT2D eigenvalue weighted by Gasteiger charge is 2.32. The number of carbonyl (C=O) groups is 3. The molecule has 1 aromatic carbocycles. The maximum absolute atomic E-state index is 12.3. The molecule has 0 aromatic heterocycles. The lowest BCUT2D eigenvalue weighted by atomic mass is 10.2. The third-order valence-corrected chi connectivity index (χ3v) is 3.21. The fraction of sp³-hybridized carbons (Fsp3) is 0.308. The molecule has 106 valence electrons. The number of benzene rings is 1. The summed E-state index contributed by atoms with van der Waals surface area (Å²) in [4.78, 5) is 35.6. The van der Waals surface area contributed by atoms with Crippen LogP contribution in [0.1, 0.15) is 12.8 Å². The van der Waals surface area contributed by atoms with Crippen LogP contribution < -0.4 is 10.2 Å². The molecule has 2 amide bonds. The van der Waals surface area contributed by atoms with Crippen LogP contribution in [0.15, 0.2) is 24.3 Å². The third kappa shape index (κ3) is 3.27. The molecule has 2 rings (SSSR count). The second-order valence-electron chi connectivity index (χ2n) is 4.46. The molecule has 0 saturated carbocycles. The van der Waals surface area contributed by atoms with E-state index >= 15 is 0 Å². The summed E-state index contributed by atoms with van der Waals surface area (Å²) in [7, 11) is 0. The lowest BCUT2D eigenvalue weighted by Crippen LogP contribution is -2.46. The smallest absolute Gasteiger partial charge is 0.323 e. The van der Waals surface area contributed by atoms with Crippen molar-refractivity contribution in [3.8, 4) is 0 Å². The van der Waals surface area contributed by atoms with Gasteiger partial charge in [-0.2, -0.15) is 0 Å². The van der Waals surface area contributed by atoms with Gasteiger partial charge < -0.3 is 10.4 Å².